The Morgan fingerprint density at radius 1 is 1.26 bits per heavy atom. The first kappa shape index (κ1) is 21.6. The van der Waals surface area contributed by atoms with Crippen molar-refractivity contribution in [2.75, 3.05) is 12.5 Å². The first-order valence-corrected chi connectivity index (χ1v) is 8.89. The zero-order chi connectivity index (χ0) is 22.6. The van der Waals surface area contributed by atoms with Crippen LogP contribution in [0.25, 0.3) is 11.3 Å². The van der Waals surface area contributed by atoms with Crippen molar-refractivity contribution in [2.24, 2.45) is 5.10 Å². The van der Waals surface area contributed by atoms with Gasteiger partial charge < -0.3 is 4.74 Å². The lowest BCUT2D eigenvalue weighted by atomic mass is 10.0. The summed E-state index contributed by atoms with van der Waals surface area (Å²) in [5.41, 5.74) is 1.88. The number of methoxy groups -OCH3 is 1. The van der Waals surface area contributed by atoms with Gasteiger partial charge >= 0.3 is 6.18 Å². The van der Waals surface area contributed by atoms with E-state index in [2.05, 4.69) is 20.5 Å². The van der Waals surface area contributed by atoms with Gasteiger partial charge in [0, 0.05) is 5.56 Å². The van der Waals surface area contributed by atoms with Gasteiger partial charge in [-0.05, 0) is 30.2 Å². The van der Waals surface area contributed by atoms with Crippen molar-refractivity contribution in [1.29, 1.82) is 5.26 Å². The van der Waals surface area contributed by atoms with E-state index in [4.69, 9.17) is 4.74 Å². The van der Waals surface area contributed by atoms with Crippen molar-refractivity contribution < 1.29 is 17.9 Å². The minimum Gasteiger partial charge on any atom is -0.496 e. The molecule has 0 aliphatic carbocycles. The number of hydrogen-bond donors (Lipinski definition) is 2. The number of ether oxygens (including phenoxy) is 1. The first-order valence-electron chi connectivity index (χ1n) is 8.89. The van der Waals surface area contributed by atoms with Gasteiger partial charge in [0.15, 0.2) is 0 Å². The van der Waals surface area contributed by atoms with Crippen LogP contribution in [0.1, 0.15) is 22.3 Å². The molecule has 0 spiro atoms. The molecule has 0 unspecified atom stereocenters. The molecular weight excluding hydrogens is 411 g/mol. The van der Waals surface area contributed by atoms with Crippen molar-refractivity contribution in [3.8, 4) is 23.1 Å². The van der Waals surface area contributed by atoms with Crippen LogP contribution >= 0.6 is 0 Å². The largest absolute Gasteiger partial charge is 0.496 e. The number of alkyl halides is 3. The maximum absolute atomic E-state index is 13.3. The predicted octanol–water partition coefficient (Wildman–Crippen LogP) is 4.09. The summed E-state index contributed by atoms with van der Waals surface area (Å²) >= 11 is 0. The number of nitriles is 1. The van der Waals surface area contributed by atoms with E-state index in [9.17, 15) is 23.2 Å². The van der Waals surface area contributed by atoms with Crippen LogP contribution in [0.4, 0.5) is 19.1 Å². The number of benzene rings is 2. The zero-order valence-electron chi connectivity index (χ0n) is 16.4. The summed E-state index contributed by atoms with van der Waals surface area (Å²) in [6.45, 7) is 1.49. The maximum Gasteiger partial charge on any atom is 0.419 e. The van der Waals surface area contributed by atoms with E-state index in [0.717, 1.165) is 12.3 Å². The number of halogens is 3. The van der Waals surface area contributed by atoms with Crippen LogP contribution in [0.5, 0.6) is 5.75 Å². The third kappa shape index (κ3) is 4.72. The normalized spacial score (nSPS) is 11.4. The van der Waals surface area contributed by atoms with Gasteiger partial charge in [0.05, 0.1) is 24.6 Å². The second-order valence-electron chi connectivity index (χ2n) is 6.40. The molecule has 1 heterocycles. The molecule has 0 aliphatic rings. The van der Waals surface area contributed by atoms with Crippen molar-refractivity contribution >= 4 is 12.2 Å². The fourth-order valence-corrected chi connectivity index (χ4v) is 2.96. The summed E-state index contributed by atoms with van der Waals surface area (Å²) < 4.78 is 44.7. The van der Waals surface area contributed by atoms with Gasteiger partial charge in [-0.2, -0.15) is 23.5 Å². The third-order valence-electron chi connectivity index (χ3n) is 4.27. The van der Waals surface area contributed by atoms with Crippen LogP contribution in [0, 0.1) is 18.3 Å². The van der Waals surface area contributed by atoms with Crippen LogP contribution in [0.3, 0.4) is 0 Å². The van der Waals surface area contributed by atoms with E-state index in [1.165, 1.54) is 20.1 Å². The van der Waals surface area contributed by atoms with E-state index in [0.29, 0.717) is 5.56 Å². The second-order valence-corrected chi connectivity index (χ2v) is 6.40. The molecule has 3 aromatic rings. The van der Waals surface area contributed by atoms with Gasteiger partial charge in [0.2, 0.25) is 5.95 Å². The number of aromatic amines is 1. The standard InChI is InChI=1S/C21H16F3N5O2/c1-12-8-13(9-16(18(12)31-2)21(22,23)24)11-26-29-20-27-17(14-6-4-3-5-7-14)15(10-25)19(30)28-20/h3-9,11H,1-2H3,(H2,27,28,29,30). The number of rotatable bonds is 5. The van der Waals surface area contributed by atoms with Crippen molar-refractivity contribution in [3.05, 3.63) is 75.1 Å². The predicted molar refractivity (Wildman–Crippen MR) is 109 cm³/mol. The molecular formula is C21H16F3N5O2. The number of nitrogens with one attached hydrogen (secondary N) is 2. The fourth-order valence-electron chi connectivity index (χ4n) is 2.96. The summed E-state index contributed by atoms with van der Waals surface area (Å²) in [6, 6.07) is 12.8. The molecule has 158 valence electrons. The molecule has 0 saturated heterocycles. The summed E-state index contributed by atoms with van der Waals surface area (Å²) in [5.74, 6) is -0.330. The SMILES string of the molecule is COc1c(C)cc(C=NNc2nc(-c3ccccc3)c(C#N)c(=O)[nH]2)cc1C(F)(F)F. The average molecular weight is 427 g/mol. The highest BCUT2D eigenvalue weighted by atomic mass is 19.4. The summed E-state index contributed by atoms with van der Waals surface area (Å²) in [7, 11) is 1.17. The molecule has 1 aromatic heterocycles. The Morgan fingerprint density at radius 3 is 2.58 bits per heavy atom. The topological polar surface area (TPSA) is 103 Å². The molecule has 0 amide bonds. The quantitative estimate of drug-likeness (QED) is 0.472. The van der Waals surface area contributed by atoms with Crippen LogP contribution in [-0.4, -0.2) is 23.3 Å². The maximum atomic E-state index is 13.3. The highest BCUT2D eigenvalue weighted by molar-refractivity contribution is 5.81. The van der Waals surface area contributed by atoms with E-state index in [1.54, 1.807) is 30.3 Å². The number of hydrazone groups is 1. The molecule has 0 aliphatic heterocycles. The Labute approximate surface area is 174 Å². The van der Waals surface area contributed by atoms with Crippen molar-refractivity contribution in [3.63, 3.8) is 0 Å². The molecule has 0 bridgehead atoms. The third-order valence-corrected chi connectivity index (χ3v) is 4.27. The van der Waals surface area contributed by atoms with Crippen LogP contribution in [0.2, 0.25) is 0 Å². The number of nitrogens with zero attached hydrogens (tertiary/aromatic N) is 3. The second kappa shape index (κ2) is 8.71. The number of H-pyrrole nitrogens is 1. The molecule has 3 rings (SSSR count). The van der Waals surface area contributed by atoms with E-state index in [1.807, 2.05) is 6.07 Å². The van der Waals surface area contributed by atoms with E-state index >= 15 is 0 Å². The minimum absolute atomic E-state index is 0.0691. The van der Waals surface area contributed by atoms with Crippen molar-refractivity contribution in [2.45, 2.75) is 13.1 Å². The van der Waals surface area contributed by atoms with Gasteiger partial charge in [-0.25, -0.2) is 10.4 Å². The average Bonchev–Trinajstić information content (AvgIpc) is 2.73. The monoisotopic (exact) mass is 427 g/mol. The minimum atomic E-state index is -4.60. The number of anilines is 1. The highest BCUT2D eigenvalue weighted by Gasteiger charge is 2.35. The molecule has 2 aromatic carbocycles. The lowest BCUT2D eigenvalue weighted by Gasteiger charge is -2.15. The zero-order valence-corrected chi connectivity index (χ0v) is 16.4. The fraction of sp³-hybridized carbons (Fsp3) is 0.143. The number of aryl methyl sites for hydroxylation is 1. The number of aromatic nitrogens is 2. The van der Waals surface area contributed by atoms with Gasteiger partial charge in [0.25, 0.3) is 5.56 Å². The lowest BCUT2D eigenvalue weighted by molar-refractivity contribution is -0.138. The van der Waals surface area contributed by atoms with Gasteiger partial charge in [-0.3, -0.25) is 9.78 Å². The number of hydrogen-bond acceptors (Lipinski definition) is 6. The van der Waals surface area contributed by atoms with Gasteiger partial charge in [-0.1, -0.05) is 30.3 Å². The summed E-state index contributed by atoms with van der Waals surface area (Å²) in [6.07, 6.45) is -3.44. The molecule has 10 heteroatoms. The Bertz CT molecular complexity index is 1230. The Hall–Kier alpha value is -4.13. The molecule has 0 atom stereocenters. The van der Waals surface area contributed by atoms with E-state index < -0.39 is 17.3 Å². The Kier molecular flexibility index (Phi) is 6.06. The molecule has 0 fully saturated rings. The van der Waals surface area contributed by atoms with E-state index in [-0.39, 0.29) is 34.1 Å². The molecule has 31 heavy (non-hydrogen) atoms. The van der Waals surface area contributed by atoms with Crippen LogP contribution in [0.15, 0.2) is 52.4 Å². The Balaban J connectivity index is 1.93. The van der Waals surface area contributed by atoms with Gasteiger partial charge in [0.1, 0.15) is 17.4 Å². The van der Waals surface area contributed by atoms with Crippen LogP contribution < -0.4 is 15.7 Å². The van der Waals surface area contributed by atoms with Gasteiger partial charge in [-0.15, -0.1) is 0 Å². The molecule has 0 saturated carbocycles. The van der Waals surface area contributed by atoms with Crippen molar-refractivity contribution in [1.82, 2.24) is 9.97 Å². The summed E-state index contributed by atoms with van der Waals surface area (Å²) in [4.78, 5) is 18.8. The molecule has 7 nitrogen and oxygen atoms in total. The lowest BCUT2D eigenvalue weighted by Crippen LogP contribution is -2.16. The molecule has 0 radical (unpaired) electrons. The molecule has 2 N–H and O–H groups in total. The summed E-state index contributed by atoms with van der Waals surface area (Å²) in [5, 5.41) is 13.1. The highest BCUT2D eigenvalue weighted by Crippen LogP contribution is 2.38. The first-order chi connectivity index (χ1) is 14.7. The Morgan fingerprint density at radius 2 is 1.97 bits per heavy atom. The van der Waals surface area contributed by atoms with Crippen LogP contribution in [-0.2, 0) is 6.18 Å². The smallest absolute Gasteiger partial charge is 0.419 e.